The van der Waals surface area contributed by atoms with Crippen molar-refractivity contribution in [1.82, 2.24) is 8.61 Å². The molecule has 0 aromatic heterocycles. The number of sulfonamides is 2. The molecule has 13 heteroatoms. The van der Waals surface area contributed by atoms with Gasteiger partial charge < -0.3 is 14.8 Å². The predicted molar refractivity (Wildman–Crippen MR) is 142 cm³/mol. The van der Waals surface area contributed by atoms with E-state index in [2.05, 4.69) is 21.2 Å². The van der Waals surface area contributed by atoms with E-state index in [-0.39, 0.29) is 48.5 Å². The number of nitrogens with zero attached hydrogens (tertiary/aromatic N) is 2. The quantitative estimate of drug-likeness (QED) is 0.484. The third-order valence-corrected chi connectivity index (χ3v) is 10.7. The van der Waals surface area contributed by atoms with Gasteiger partial charge in [-0.3, -0.25) is 4.79 Å². The molecule has 2 heterocycles. The average Bonchev–Trinajstić information content (AvgIpc) is 2.89. The number of hydrogen-bond donors (Lipinski definition) is 1. The monoisotopic (exact) mass is 615 g/mol. The highest BCUT2D eigenvalue weighted by atomic mass is 79.9. The molecule has 2 aromatic carbocycles. The fourth-order valence-electron chi connectivity index (χ4n) is 4.45. The van der Waals surface area contributed by atoms with Crippen molar-refractivity contribution in [1.29, 1.82) is 0 Å². The highest BCUT2D eigenvalue weighted by Gasteiger charge is 2.32. The van der Waals surface area contributed by atoms with Crippen LogP contribution in [-0.4, -0.2) is 77.9 Å². The number of hydrogen-bond acceptors (Lipinski definition) is 7. The highest BCUT2D eigenvalue weighted by molar-refractivity contribution is 9.10. The molecule has 0 aliphatic carbocycles. The van der Waals surface area contributed by atoms with Crippen LogP contribution in [0.25, 0.3) is 0 Å². The standard InChI is InChI=1S/C24H30BrN3O7S2/c1-34-22-6-5-21(16-23(22)37(32,33)28-11-13-35-14-12-28)26-24(29)19-7-9-27(10-8-19)36(30,31)17-18-3-2-4-20(25)15-18/h2-6,15-16,19H,7-14,17H2,1H3,(H,26,29). The Morgan fingerprint density at radius 1 is 1.03 bits per heavy atom. The molecule has 2 aliphatic heterocycles. The Morgan fingerprint density at radius 2 is 1.73 bits per heavy atom. The van der Waals surface area contributed by atoms with Crippen LogP contribution in [0.15, 0.2) is 51.8 Å². The summed E-state index contributed by atoms with van der Waals surface area (Å²) in [6.07, 6.45) is 0.747. The minimum atomic E-state index is -3.84. The Bertz CT molecular complexity index is 1340. The maximum Gasteiger partial charge on any atom is 0.246 e. The molecule has 2 saturated heterocycles. The minimum absolute atomic E-state index is 0.0249. The zero-order chi connectivity index (χ0) is 26.6. The van der Waals surface area contributed by atoms with Crippen molar-refractivity contribution in [2.75, 3.05) is 51.8 Å². The van der Waals surface area contributed by atoms with E-state index in [1.165, 1.54) is 27.9 Å². The third-order valence-electron chi connectivity index (χ3n) is 6.48. The lowest BCUT2D eigenvalue weighted by Gasteiger charge is -2.30. The number of amides is 1. The molecule has 1 N–H and O–H groups in total. The Balaban J connectivity index is 1.40. The maximum absolute atomic E-state index is 13.2. The van der Waals surface area contributed by atoms with Gasteiger partial charge >= 0.3 is 0 Å². The number of rotatable bonds is 8. The van der Waals surface area contributed by atoms with Crippen LogP contribution in [0.2, 0.25) is 0 Å². The topological polar surface area (TPSA) is 122 Å². The first-order valence-electron chi connectivity index (χ1n) is 11.9. The number of ether oxygens (including phenoxy) is 2. The number of nitrogens with one attached hydrogen (secondary N) is 1. The van der Waals surface area contributed by atoms with Crippen LogP contribution in [0.3, 0.4) is 0 Å². The van der Waals surface area contributed by atoms with Crippen LogP contribution < -0.4 is 10.1 Å². The van der Waals surface area contributed by atoms with E-state index in [0.29, 0.717) is 37.3 Å². The molecule has 37 heavy (non-hydrogen) atoms. The summed E-state index contributed by atoms with van der Waals surface area (Å²) in [6, 6.07) is 11.7. The molecule has 2 fully saturated rings. The number of carbonyl (C=O) groups excluding carboxylic acids is 1. The normalized spacial score (nSPS) is 18.4. The molecular formula is C24H30BrN3O7S2. The van der Waals surface area contributed by atoms with Gasteiger partial charge in [0.25, 0.3) is 0 Å². The average molecular weight is 617 g/mol. The Morgan fingerprint density at radius 3 is 2.38 bits per heavy atom. The van der Waals surface area contributed by atoms with Crippen LogP contribution in [0.4, 0.5) is 5.69 Å². The second-order valence-electron chi connectivity index (χ2n) is 8.93. The summed E-state index contributed by atoms with van der Waals surface area (Å²) < 4.78 is 66.3. The van der Waals surface area contributed by atoms with Gasteiger partial charge in [-0.05, 0) is 48.7 Å². The first-order valence-corrected chi connectivity index (χ1v) is 15.7. The number of halogens is 1. The summed E-state index contributed by atoms with van der Waals surface area (Å²) in [4.78, 5) is 13.0. The summed E-state index contributed by atoms with van der Waals surface area (Å²) in [7, 11) is -5.96. The minimum Gasteiger partial charge on any atom is -0.495 e. The summed E-state index contributed by atoms with van der Waals surface area (Å²) in [5.74, 6) is -0.577. The van der Waals surface area contributed by atoms with E-state index < -0.39 is 26.0 Å². The zero-order valence-corrected chi connectivity index (χ0v) is 23.6. The number of methoxy groups -OCH3 is 1. The van der Waals surface area contributed by atoms with Gasteiger partial charge in [0.1, 0.15) is 10.6 Å². The lowest BCUT2D eigenvalue weighted by Crippen LogP contribution is -2.42. The first-order chi connectivity index (χ1) is 17.6. The van der Waals surface area contributed by atoms with Gasteiger partial charge in [-0.1, -0.05) is 28.1 Å². The lowest BCUT2D eigenvalue weighted by molar-refractivity contribution is -0.120. The van der Waals surface area contributed by atoms with Gasteiger partial charge in [-0.2, -0.15) is 4.31 Å². The number of morpholine rings is 1. The van der Waals surface area contributed by atoms with E-state index in [1.54, 1.807) is 24.3 Å². The van der Waals surface area contributed by atoms with E-state index in [4.69, 9.17) is 9.47 Å². The van der Waals surface area contributed by atoms with Crippen molar-refractivity contribution < 1.29 is 31.1 Å². The summed E-state index contributed by atoms with van der Waals surface area (Å²) in [5, 5.41) is 2.80. The summed E-state index contributed by atoms with van der Waals surface area (Å²) >= 11 is 3.36. The molecule has 0 saturated carbocycles. The highest BCUT2D eigenvalue weighted by Crippen LogP contribution is 2.31. The summed E-state index contributed by atoms with van der Waals surface area (Å²) in [5.41, 5.74) is 1.03. The zero-order valence-electron chi connectivity index (χ0n) is 20.4. The fourth-order valence-corrected chi connectivity index (χ4v) is 8.04. The van der Waals surface area contributed by atoms with Crippen molar-refractivity contribution >= 4 is 47.6 Å². The first kappa shape index (κ1) is 28.0. The van der Waals surface area contributed by atoms with E-state index in [9.17, 15) is 21.6 Å². The second kappa shape index (κ2) is 11.8. The molecule has 2 aliphatic rings. The molecule has 10 nitrogen and oxygen atoms in total. The van der Waals surface area contributed by atoms with Gasteiger partial charge in [0.15, 0.2) is 0 Å². The Hall–Kier alpha value is -2.03. The molecule has 4 rings (SSSR count). The van der Waals surface area contributed by atoms with Gasteiger partial charge in [-0.25, -0.2) is 21.1 Å². The molecule has 0 radical (unpaired) electrons. The van der Waals surface area contributed by atoms with Crippen molar-refractivity contribution in [2.45, 2.75) is 23.5 Å². The van der Waals surface area contributed by atoms with Crippen molar-refractivity contribution in [3.63, 3.8) is 0 Å². The number of piperidine rings is 1. The Labute approximate surface area is 226 Å². The van der Waals surface area contributed by atoms with Crippen molar-refractivity contribution in [2.24, 2.45) is 5.92 Å². The molecule has 0 bridgehead atoms. The van der Waals surface area contributed by atoms with Crippen LogP contribution in [-0.2, 0) is 35.3 Å². The van der Waals surface area contributed by atoms with Crippen LogP contribution in [0.1, 0.15) is 18.4 Å². The molecule has 0 unspecified atom stereocenters. The molecule has 0 spiro atoms. The number of carbonyl (C=O) groups is 1. The number of benzene rings is 2. The van der Waals surface area contributed by atoms with Gasteiger partial charge in [0, 0.05) is 42.3 Å². The van der Waals surface area contributed by atoms with Crippen molar-refractivity contribution in [3.8, 4) is 5.75 Å². The van der Waals surface area contributed by atoms with Crippen LogP contribution in [0.5, 0.6) is 5.75 Å². The van der Waals surface area contributed by atoms with E-state index >= 15 is 0 Å². The third kappa shape index (κ3) is 6.70. The fraction of sp³-hybridized carbons (Fsp3) is 0.458. The van der Waals surface area contributed by atoms with Gasteiger partial charge in [0.05, 0.1) is 26.1 Å². The number of anilines is 1. The lowest BCUT2D eigenvalue weighted by atomic mass is 9.97. The predicted octanol–water partition coefficient (Wildman–Crippen LogP) is 2.66. The summed E-state index contributed by atoms with van der Waals surface area (Å²) in [6.45, 7) is 1.60. The van der Waals surface area contributed by atoms with E-state index in [1.807, 2.05) is 6.07 Å². The molecule has 202 valence electrons. The van der Waals surface area contributed by atoms with Crippen LogP contribution >= 0.6 is 15.9 Å². The second-order valence-corrected chi connectivity index (χ2v) is 13.7. The largest absolute Gasteiger partial charge is 0.495 e. The molecule has 0 atom stereocenters. The molecule has 1 amide bonds. The van der Waals surface area contributed by atoms with Gasteiger partial charge in [-0.15, -0.1) is 0 Å². The van der Waals surface area contributed by atoms with Crippen molar-refractivity contribution in [3.05, 3.63) is 52.5 Å². The molecule has 2 aromatic rings. The maximum atomic E-state index is 13.2. The SMILES string of the molecule is COc1ccc(NC(=O)C2CCN(S(=O)(=O)Cc3cccc(Br)c3)CC2)cc1S(=O)(=O)N1CCOCC1. The smallest absolute Gasteiger partial charge is 0.246 e. The van der Waals surface area contributed by atoms with Crippen LogP contribution in [0, 0.1) is 5.92 Å². The molecular weight excluding hydrogens is 586 g/mol. The Kier molecular flexibility index (Phi) is 8.92. The van der Waals surface area contributed by atoms with E-state index in [0.717, 1.165) is 4.47 Å². The van der Waals surface area contributed by atoms with Gasteiger partial charge in [0.2, 0.25) is 26.0 Å².